The fourth-order valence-electron chi connectivity index (χ4n) is 1.16. The van der Waals surface area contributed by atoms with Crippen molar-refractivity contribution in [2.75, 3.05) is 12.4 Å². The maximum absolute atomic E-state index is 11.1. The number of carbonyl (C=O) groups is 1. The molecule has 6 heteroatoms. The van der Waals surface area contributed by atoms with E-state index in [1.165, 1.54) is 11.9 Å². The van der Waals surface area contributed by atoms with E-state index in [4.69, 9.17) is 16.3 Å². The molecule has 2 amide bonds. The Kier molecular flexibility index (Phi) is 2.43. The van der Waals surface area contributed by atoms with Crippen LogP contribution in [0.5, 0.6) is 5.75 Å². The number of ether oxygens (including phenoxy) is 1. The molecule has 0 spiro atoms. The topological polar surface area (TPSA) is 50.4 Å². The summed E-state index contributed by atoms with van der Waals surface area (Å²) in [6, 6.07) is 3.17. The van der Waals surface area contributed by atoms with Crippen LogP contribution in [-0.2, 0) is 0 Å². The third-order valence-electron chi connectivity index (χ3n) is 1.78. The smallest absolute Gasteiger partial charge is 0.329 e. The third-order valence-corrected chi connectivity index (χ3v) is 3.12. The second-order valence-corrected chi connectivity index (χ2v) is 3.84. The van der Waals surface area contributed by atoms with Crippen LogP contribution in [0.4, 0.5) is 10.5 Å². The first-order valence-corrected chi connectivity index (χ1v) is 5.02. The predicted octanol–water partition coefficient (Wildman–Crippen LogP) is 2.49. The summed E-state index contributed by atoms with van der Waals surface area (Å²) in [4.78, 5) is 11.8. The molecule has 2 N–H and O–H groups in total. The van der Waals surface area contributed by atoms with Crippen molar-refractivity contribution in [1.82, 2.24) is 4.72 Å². The SMILES string of the molecule is COc1ccc(Cl)c2c1NC(=O)NS2. The van der Waals surface area contributed by atoms with Crippen molar-refractivity contribution in [2.24, 2.45) is 0 Å². The number of rotatable bonds is 1. The first-order valence-electron chi connectivity index (χ1n) is 3.82. The molecule has 0 aliphatic carbocycles. The van der Waals surface area contributed by atoms with Crippen molar-refractivity contribution in [3.05, 3.63) is 17.2 Å². The number of amides is 2. The minimum absolute atomic E-state index is 0.275. The number of anilines is 1. The van der Waals surface area contributed by atoms with E-state index in [2.05, 4.69) is 10.0 Å². The zero-order chi connectivity index (χ0) is 10.1. The van der Waals surface area contributed by atoms with Gasteiger partial charge in [-0.05, 0) is 24.1 Å². The van der Waals surface area contributed by atoms with Crippen LogP contribution in [0, 0.1) is 0 Å². The van der Waals surface area contributed by atoms with Crippen molar-refractivity contribution in [3.63, 3.8) is 0 Å². The average Bonchev–Trinajstić information content (AvgIpc) is 2.18. The molecule has 4 nitrogen and oxygen atoms in total. The van der Waals surface area contributed by atoms with Crippen LogP contribution in [0.3, 0.4) is 0 Å². The summed E-state index contributed by atoms with van der Waals surface area (Å²) < 4.78 is 7.66. The molecule has 1 aliphatic heterocycles. The lowest BCUT2D eigenvalue weighted by molar-refractivity contribution is 0.256. The summed E-state index contributed by atoms with van der Waals surface area (Å²) in [6.45, 7) is 0. The summed E-state index contributed by atoms with van der Waals surface area (Å²) >= 11 is 7.13. The number of carbonyl (C=O) groups excluding carboxylic acids is 1. The Balaban J connectivity index is 2.54. The fourth-order valence-corrected chi connectivity index (χ4v) is 2.10. The van der Waals surface area contributed by atoms with Gasteiger partial charge in [0.25, 0.3) is 0 Å². The zero-order valence-corrected chi connectivity index (χ0v) is 8.83. The molecule has 0 saturated heterocycles. The molecule has 1 aromatic rings. The van der Waals surface area contributed by atoms with Crippen LogP contribution in [0.15, 0.2) is 17.0 Å². The van der Waals surface area contributed by atoms with E-state index < -0.39 is 0 Å². The van der Waals surface area contributed by atoms with Gasteiger partial charge in [0, 0.05) is 0 Å². The highest BCUT2D eigenvalue weighted by Crippen LogP contribution is 2.41. The van der Waals surface area contributed by atoms with E-state index in [1.807, 2.05) is 0 Å². The Hall–Kier alpha value is -1.07. The van der Waals surface area contributed by atoms with E-state index in [1.54, 1.807) is 19.2 Å². The van der Waals surface area contributed by atoms with Crippen LogP contribution in [-0.4, -0.2) is 13.1 Å². The number of nitrogens with one attached hydrogen (secondary N) is 2. The fraction of sp³-hybridized carbons (Fsp3) is 0.125. The lowest BCUT2D eigenvalue weighted by Crippen LogP contribution is -2.27. The van der Waals surface area contributed by atoms with Crippen molar-refractivity contribution >= 4 is 35.3 Å². The van der Waals surface area contributed by atoms with E-state index in [9.17, 15) is 4.79 Å². The highest BCUT2D eigenvalue weighted by molar-refractivity contribution is 7.98. The Bertz CT molecular complexity index is 397. The molecule has 74 valence electrons. The zero-order valence-electron chi connectivity index (χ0n) is 7.26. The normalized spacial score (nSPS) is 14.0. The van der Waals surface area contributed by atoms with Crippen molar-refractivity contribution < 1.29 is 9.53 Å². The van der Waals surface area contributed by atoms with E-state index in [0.717, 1.165) is 4.90 Å². The molecule has 1 aromatic carbocycles. The van der Waals surface area contributed by atoms with Crippen molar-refractivity contribution in [1.29, 1.82) is 0 Å². The van der Waals surface area contributed by atoms with Crippen molar-refractivity contribution in [2.45, 2.75) is 4.90 Å². The van der Waals surface area contributed by atoms with Gasteiger partial charge >= 0.3 is 6.03 Å². The van der Waals surface area contributed by atoms with Crippen LogP contribution in [0.1, 0.15) is 0 Å². The quantitative estimate of drug-likeness (QED) is 0.729. The number of hydrogen-bond acceptors (Lipinski definition) is 3. The average molecular weight is 231 g/mol. The lowest BCUT2D eigenvalue weighted by atomic mass is 10.3. The minimum Gasteiger partial charge on any atom is -0.495 e. The minimum atomic E-state index is -0.275. The van der Waals surface area contributed by atoms with Gasteiger partial charge in [0.05, 0.1) is 17.0 Å². The number of halogens is 1. The second kappa shape index (κ2) is 3.59. The van der Waals surface area contributed by atoms with E-state index in [0.29, 0.717) is 16.5 Å². The number of urea groups is 1. The number of hydrogen-bond donors (Lipinski definition) is 2. The van der Waals surface area contributed by atoms with Crippen LogP contribution in [0.2, 0.25) is 5.02 Å². The molecule has 1 heterocycles. The number of fused-ring (bicyclic) bond motifs is 1. The first-order chi connectivity index (χ1) is 6.72. The van der Waals surface area contributed by atoms with Crippen LogP contribution in [0.25, 0.3) is 0 Å². The Morgan fingerprint density at radius 2 is 2.29 bits per heavy atom. The molecular weight excluding hydrogens is 224 g/mol. The summed E-state index contributed by atoms with van der Waals surface area (Å²) in [5, 5.41) is 3.22. The van der Waals surface area contributed by atoms with E-state index in [-0.39, 0.29) is 6.03 Å². The number of methoxy groups -OCH3 is 1. The predicted molar refractivity (Wildman–Crippen MR) is 56.0 cm³/mol. The highest BCUT2D eigenvalue weighted by Gasteiger charge is 2.21. The third kappa shape index (κ3) is 1.49. The molecule has 0 atom stereocenters. The molecule has 2 rings (SSSR count). The van der Waals surface area contributed by atoms with Gasteiger partial charge in [-0.3, -0.25) is 4.72 Å². The molecule has 0 unspecified atom stereocenters. The van der Waals surface area contributed by atoms with E-state index >= 15 is 0 Å². The maximum Gasteiger partial charge on any atom is 0.329 e. The van der Waals surface area contributed by atoms with Crippen LogP contribution < -0.4 is 14.8 Å². The summed E-state index contributed by atoms with van der Waals surface area (Å²) in [5.41, 5.74) is 0.619. The molecule has 14 heavy (non-hydrogen) atoms. The number of benzene rings is 1. The Labute approximate surface area is 90.1 Å². The van der Waals surface area contributed by atoms with Gasteiger partial charge in [0.2, 0.25) is 0 Å². The highest BCUT2D eigenvalue weighted by atomic mass is 35.5. The van der Waals surface area contributed by atoms with Gasteiger partial charge in [-0.15, -0.1) is 0 Å². The van der Waals surface area contributed by atoms with Crippen LogP contribution >= 0.6 is 23.5 Å². The van der Waals surface area contributed by atoms with Gasteiger partial charge in [-0.2, -0.15) is 0 Å². The summed E-state index contributed by atoms with van der Waals surface area (Å²) in [6.07, 6.45) is 0. The van der Waals surface area contributed by atoms with Gasteiger partial charge in [0.1, 0.15) is 11.4 Å². The molecule has 0 radical (unpaired) electrons. The molecule has 0 aromatic heterocycles. The second-order valence-electron chi connectivity index (χ2n) is 2.61. The standard InChI is InChI=1S/C8H7ClN2O2S/c1-13-5-3-2-4(9)7-6(5)10-8(12)11-14-7/h2-3H,1H3,(H2,10,11,12). The van der Waals surface area contributed by atoms with Gasteiger partial charge in [0.15, 0.2) is 0 Å². The Morgan fingerprint density at radius 1 is 1.50 bits per heavy atom. The molecule has 0 saturated carbocycles. The van der Waals surface area contributed by atoms with Crippen molar-refractivity contribution in [3.8, 4) is 5.75 Å². The molecule has 0 bridgehead atoms. The van der Waals surface area contributed by atoms with Gasteiger partial charge in [-0.1, -0.05) is 11.6 Å². The lowest BCUT2D eigenvalue weighted by Gasteiger charge is -2.20. The molecular formula is C8H7ClN2O2S. The monoisotopic (exact) mass is 230 g/mol. The maximum atomic E-state index is 11.1. The van der Waals surface area contributed by atoms with Gasteiger partial charge < -0.3 is 10.1 Å². The summed E-state index contributed by atoms with van der Waals surface area (Å²) in [5.74, 6) is 0.603. The largest absolute Gasteiger partial charge is 0.495 e. The summed E-state index contributed by atoms with van der Waals surface area (Å²) in [7, 11) is 1.54. The Morgan fingerprint density at radius 3 is 3.00 bits per heavy atom. The van der Waals surface area contributed by atoms with Gasteiger partial charge in [-0.25, -0.2) is 4.79 Å². The first kappa shape index (κ1) is 9.48. The molecule has 0 fully saturated rings. The molecule has 1 aliphatic rings.